The highest BCUT2D eigenvalue weighted by molar-refractivity contribution is 7.80. The highest BCUT2D eigenvalue weighted by Gasteiger charge is 1.98. The van der Waals surface area contributed by atoms with E-state index < -0.39 is 0 Å². The summed E-state index contributed by atoms with van der Waals surface area (Å²) in [6, 6.07) is 12.7. The number of ether oxygens (including phenoxy) is 1. The van der Waals surface area contributed by atoms with Crippen LogP contribution in [0.4, 0.5) is 0 Å². The summed E-state index contributed by atoms with van der Waals surface area (Å²) < 4.78 is 7.21. The lowest BCUT2D eigenvalue weighted by Crippen LogP contribution is -2.21. The summed E-state index contributed by atoms with van der Waals surface area (Å²) in [5.74, 6) is 0.765. The monoisotopic (exact) mass is 288 g/mol. The predicted molar refractivity (Wildman–Crippen MR) is 83.1 cm³/mol. The molecule has 2 N–H and O–H groups in total. The average Bonchev–Trinajstić information content (AvgIpc) is 2.42. The van der Waals surface area contributed by atoms with Gasteiger partial charge >= 0.3 is 0 Å². The molecule has 2 aromatic rings. The topological polar surface area (TPSA) is 57.2 Å². The lowest BCUT2D eigenvalue weighted by molar-refractivity contribution is 0.296. The Morgan fingerprint density at radius 2 is 1.95 bits per heavy atom. The fourth-order valence-electron chi connectivity index (χ4n) is 1.81. The molecule has 0 aliphatic heterocycles. The van der Waals surface area contributed by atoms with E-state index >= 15 is 0 Å². The number of nitrogens with two attached hydrogens (primary N) is 1. The van der Waals surface area contributed by atoms with Crippen LogP contribution >= 0.6 is 12.2 Å². The Hall–Kier alpha value is -2.14. The minimum Gasteiger partial charge on any atom is -0.492 e. The van der Waals surface area contributed by atoms with Crippen LogP contribution in [0, 0.1) is 0 Å². The smallest absolute Gasteiger partial charge is 0.250 e. The van der Waals surface area contributed by atoms with Gasteiger partial charge in [0.05, 0.1) is 11.5 Å². The van der Waals surface area contributed by atoms with Crippen molar-refractivity contribution < 1.29 is 4.74 Å². The number of benzene rings is 1. The molecule has 0 radical (unpaired) electrons. The van der Waals surface area contributed by atoms with Gasteiger partial charge in [-0.1, -0.05) is 30.4 Å². The van der Waals surface area contributed by atoms with Crippen molar-refractivity contribution in [2.75, 3.05) is 6.61 Å². The SMILES string of the molecule is NC(=S)Cc1ccc(OCCn2ccccc2=O)cc1. The third kappa shape index (κ3) is 4.20. The molecule has 20 heavy (non-hydrogen) atoms. The van der Waals surface area contributed by atoms with Crippen LogP contribution < -0.4 is 16.0 Å². The van der Waals surface area contributed by atoms with Gasteiger partial charge in [0.25, 0.3) is 5.56 Å². The second-order valence-electron chi connectivity index (χ2n) is 4.37. The van der Waals surface area contributed by atoms with Gasteiger partial charge in [-0.3, -0.25) is 4.79 Å². The summed E-state index contributed by atoms with van der Waals surface area (Å²) in [5, 5.41) is 0. The number of nitrogens with zero attached hydrogens (tertiary/aromatic N) is 1. The van der Waals surface area contributed by atoms with Crippen molar-refractivity contribution in [3.63, 3.8) is 0 Å². The Balaban J connectivity index is 1.87. The number of hydrogen-bond acceptors (Lipinski definition) is 3. The van der Waals surface area contributed by atoms with E-state index in [-0.39, 0.29) is 5.56 Å². The molecule has 0 fully saturated rings. The van der Waals surface area contributed by atoms with Crippen LogP contribution in [0.25, 0.3) is 0 Å². The van der Waals surface area contributed by atoms with Gasteiger partial charge < -0.3 is 15.0 Å². The zero-order chi connectivity index (χ0) is 14.4. The van der Waals surface area contributed by atoms with Crippen molar-refractivity contribution >= 4 is 17.2 Å². The summed E-state index contributed by atoms with van der Waals surface area (Å²) in [7, 11) is 0. The largest absolute Gasteiger partial charge is 0.492 e. The van der Waals surface area contributed by atoms with Crippen molar-refractivity contribution in [1.29, 1.82) is 0 Å². The van der Waals surface area contributed by atoms with Crippen molar-refractivity contribution in [3.8, 4) is 5.75 Å². The maximum atomic E-state index is 11.5. The number of hydrogen-bond donors (Lipinski definition) is 1. The second-order valence-corrected chi connectivity index (χ2v) is 4.89. The molecule has 1 aromatic carbocycles. The molecule has 0 saturated carbocycles. The molecule has 0 saturated heterocycles. The summed E-state index contributed by atoms with van der Waals surface area (Å²) >= 11 is 4.86. The Kier molecular flexibility index (Phi) is 4.90. The first-order valence-corrected chi connectivity index (χ1v) is 6.71. The summed E-state index contributed by atoms with van der Waals surface area (Å²) in [5.41, 5.74) is 6.52. The molecule has 0 amide bonds. The fraction of sp³-hybridized carbons (Fsp3) is 0.200. The van der Waals surface area contributed by atoms with Gasteiger partial charge in [0.15, 0.2) is 0 Å². The van der Waals surface area contributed by atoms with E-state index in [2.05, 4.69) is 0 Å². The van der Waals surface area contributed by atoms with Crippen molar-refractivity contribution in [3.05, 3.63) is 64.6 Å². The highest BCUT2D eigenvalue weighted by atomic mass is 32.1. The molecular weight excluding hydrogens is 272 g/mol. The van der Waals surface area contributed by atoms with Crippen LogP contribution in [-0.4, -0.2) is 16.2 Å². The first kappa shape index (κ1) is 14.3. The molecule has 104 valence electrons. The molecule has 2 rings (SSSR count). The van der Waals surface area contributed by atoms with Crippen LogP contribution in [0.5, 0.6) is 5.75 Å². The zero-order valence-electron chi connectivity index (χ0n) is 11.0. The van der Waals surface area contributed by atoms with E-state index in [1.54, 1.807) is 16.8 Å². The van der Waals surface area contributed by atoms with Crippen LogP contribution in [0.1, 0.15) is 5.56 Å². The lowest BCUT2D eigenvalue weighted by Gasteiger charge is -2.08. The van der Waals surface area contributed by atoms with Gasteiger partial charge in [0, 0.05) is 18.7 Å². The van der Waals surface area contributed by atoms with E-state index in [4.69, 9.17) is 22.7 Å². The van der Waals surface area contributed by atoms with Gasteiger partial charge in [-0.25, -0.2) is 0 Å². The Morgan fingerprint density at radius 3 is 2.60 bits per heavy atom. The van der Waals surface area contributed by atoms with E-state index in [9.17, 15) is 4.79 Å². The Bertz CT molecular complexity index is 635. The first-order valence-electron chi connectivity index (χ1n) is 6.30. The van der Waals surface area contributed by atoms with Crippen LogP contribution in [0.3, 0.4) is 0 Å². The number of rotatable bonds is 6. The maximum Gasteiger partial charge on any atom is 0.250 e. The van der Waals surface area contributed by atoms with Gasteiger partial charge in [-0.2, -0.15) is 0 Å². The van der Waals surface area contributed by atoms with Crippen molar-refractivity contribution in [2.45, 2.75) is 13.0 Å². The molecule has 0 unspecified atom stereocenters. The van der Waals surface area contributed by atoms with Gasteiger partial charge in [-0.05, 0) is 23.8 Å². The molecule has 0 bridgehead atoms. The van der Waals surface area contributed by atoms with Crippen molar-refractivity contribution in [1.82, 2.24) is 4.57 Å². The average molecular weight is 288 g/mol. The van der Waals surface area contributed by atoms with Crippen LogP contribution in [0.15, 0.2) is 53.5 Å². The minimum absolute atomic E-state index is 0.0251. The van der Waals surface area contributed by atoms with Crippen molar-refractivity contribution in [2.24, 2.45) is 5.73 Å². The van der Waals surface area contributed by atoms with E-state index in [0.717, 1.165) is 11.3 Å². The molecule has 5 heteroatoms. The van der Waals surface area contributed by atoms with E-state index in [1.807, 2.05) is 30.3 Å². The van der Waals surface area contributed by atoms with Gasteiger partial charge in [0.1, 0.15) is 12.4 Å². The Morgan fingerprint density at radius 1 is 1.20 bits per heavy atom. The number of aromatic nitrogens is 1. The van der Waals surface area contributed by atoms with Crippen LogP contribution in [-0.2, 0) is 13.0 Å². The third-order valence-corrected chi connectivity index (χ3v) is 2.95. The minimum atomic E-state index is -0.0251. The first-order chi connectivity index (χ1) is 9.65. The third-order valence-electron chi connectivity index (χ3n) is 2.80. The fourth-order valence-corrected chi connectivity index (χ4v) is 1.98. The molecule has 0 aliphatic carbocycles. The summed E-state index contributed by atoms with van der Waals surface area (Å²) in [6.45, 7) is 0.965. The second kappa shape index (κ2) is 6.86. The maximum absolute atomic E-state index is 11.5. The summed E-state index contributed by atoms with van der Waals surface area (Å²) in [4.78, 5) is 12.0. The van der Waals surface area contributed by atoms with E-state index in [1.165, 1.54) is 6.07 Å². The molecule has 4 nitrogen and oxygen atoms in total. The standard InChI is InChI=1S/C15H16N2O2S/c16-14(20)11-12-4-6-13(7-5-12)19-10-9-17-8-2-1-3-15(17)18/h1-8H,9-11H2,(H2,16,20). The van der Waals surface area contributed by atoms with E-state index in [0.29, 0.717) is 24.6 Å². The highest BCUT2D eigenvalue weighted by Crippen LogP contribution is 2.12. The molecule has 0 spiro atoms. The normalized spacial score (nSPS) is 10.2. The number of pyridine rings is 1. The molecule has 0 aliphatic rings. The van der Waals surface area contributed by atoms with Crippen LogP contribution in [0.2, 0.25) is 0 Å². The lowest BCUT2D eigenvalue weighted by atomic mass is 10.1. The molecule has 1 heterocycles. The zero-order valence-corrected chi connectivity index (χ0v) is 11.8. The number of thiocarbonyl (C=S) groups is 1. The predicted octanol–water partition coefficient (Wildman–Crippen LogP) is 1.76. The van der Waals surface area contributed by atoms with Gasteiger partial charge in [-0.15, -0.1) is 0 Å². The molecule has 1 aromatic heterocycles. The molecular formula is C15H16N2O2S. The molecule has 0 atom stereocenters. The van der Waals surface area contributed by atoms with Gasteiger partial charge in [0.2, 0.25) is 0 Å². The Labute approximate surface area is 122 Å². The summed E-state index contributed by atoms with van der Waals surface area (Å²) in [6.07, 6.45) is 2.34. The quantitative estimate of drug-likeness (QED) is 0.823.